The van der Waals surface area contributed by atoms with Gasteiger partial charge in [-0.05, 0) is 81.3 Å². The van der Waals surface area contributed by atoms with E-state index in [1.54, 1.807) is 29.2 Å². The second-order valence-electron chi connectivity index (χ2n) is 12.9. The van der Waals surface area contributed by atoms with Crippen molar-refractivity contribution in [3.05, 3.63) is 78.4 Å². The number of rotatable bonds is 9. The molecule has 2 N–H and O–H groups in total. The SMILES string of the molecule is O=C(Nc1ccc(Oc2ccccc2)cc1)C1C2C=CC3(O2)C1C(=O)N(CCC1=CCCCC1)C3C(=O)NC1CCCCC1. The normalized spacial score (nSPS) is 29.3. The van der Waals surface area contributed by atoms with Gasteiger partial charge in [0.05, 0.1) is 17.9 Å². The van der Waals surface area contributed by atoms with E-state index >= 15 is 0 Å². The molecule has 8 heteroatoms. The Balaban J connectivity index is 1.10. The van der Waals surface area contributed by atoms with Gasteiger partial charge in [-0.2, -0.15) is 0 Å². The molecular weight excluding hydrogens is 554 g/mol. The molecule has 5 atom stereocenters. The first-order valence-corrected chi connectivity index (χ1v) is 16.3. The standard InChI is InChI=1S/C36H41N3O5/c40-33(37-26-16-18-28(19-17-26)43-27-14-8-3-9-15-27)30-29-20-22-36(44-29)31(30)35(42)39(23-21-24-10-4-1-5-11-24)32(36)34(41)38-25-12-6-2-7-13-25/h3,8-10,14-20,22,25,29-32H,1-2,4-7,11-13,21,23H2,(H,37,40)(H,38,41). The highest BCUT2D eigenvalue weighted by molar-refractivity contribution is 6.02. The number of benzene rings is 2. The lowest BCUT2D eigenvalue weighted by molar-refractivity contribution is -0.141. The Kier molecular flexibility index (Phi) is 8.02. The molecule has 3 fully saturated rings. The van der Waals surface area contributed by atoms with Crippen molar-refractivity contribution in [3.63, 3.8) is 0 Å². The van der Waals surface area contributed by atoms with Crippen molar-refractivity contribution in [2.75, 3.05) is 11.9 Å². The third-order valence-electron chi connectivity index (χ3n) is 10.0. The summed E-state index contributed by atoms with van der Waals surface area (Å²) in [6.07, 6.45) is 16.0. The van der Waals surface area contributed by atoms with Crippen LogP contribution in [-0.4, -0.2) is 53.0 Å². The molecule has 2 bridgehead atoms. The summed E-state index contributed by atoms with van der Waals surface area (Å²) < 4.78 is 12.4. The molecule has 3 aliphatic heterocycles. The number of hydrogen-bond donors (Lipinski definition) is 2. The summed E-state index contributed by atoms with van der Waals surface area (Å²) in [5.41, 5.74) is 0.811. The molecule has 2 aromatic rings. The smallest absolute Gasteiger partial charge is 0.246 e. The lowest BCUT2D eigenvalue weighted by Gasteiger charge is -2.34. The van der Waals surface area contributed by atoms with Crippen LogP contribution in [-0.2, 0) is 19.1 Å². The zero-order valence-corrected chi connectivity index (χ0v) is 25.1. The number of hydrogen-bond acceptors (Lipinski definition) is 5. The van der Waals surface area contributed by atoms with Gasteiger partial charge in [0.2, 0.25) is 17.7 Å². The van der Waals surface area contributed by atoms with Crippen LogP contribution in [0.2, 0.25) is 0 Å². The van der Waals surface area contributed by atoms with Gasteiger partial charge in [-0.15, -0.1) is 0 Å². The zero-order valence-electron chi connectivity index (χ0n) is 25.1. The fourth-order valence-electron chi connectivity index (χ4n) is 7.89. The molecule has 2 aromatic carbocycles. The van der Waals surface area contributed by atoms with Crippen LogP contribution in [0.5, 0.6) is 11.5 Å². The lowest BCUT2D eigenvalue weighted by atomic mass is 9.74. The molecule has 2 saturated heterocycles. The van der Waals surface area contributed by atoms with E-state index in [1.165, 1.54) is 18.4 Å². The Morgan fingerprint density at radius 2 is 1.70 bits per heavy atom. The van der Waals surface area contributed by atoms with Crippen molar-refractivity contribution >= 4 is 23.4 Å². The maximum atomic E-state index is 14.3. The number of likely N-dealkylation sites (tertiary alicyclic amines) is 1. The molecule has 2 aliphatic carbocycles. The summed E-state index contributed by atoms with van der Waals surface area (Å²) in [6.45, 7) is 0.449. The number of carbonyl (C=O) groups excluding carboxylic acids is 3. The number of nitrogens with zero attached hydrogens (tertiary/aromatic N) is 1. The molecule has 0 radical (unpaired) electrons. The van der Waals surface area contributed by atoms with E-state index in [1.807, 2.05) is 42.5 Å². The van der Waals surface area contributed by atoms with Gasteiger partial charge in [-0.25, -0.2) is 0 Å². The number of allylic oxidation sites excluding steroid dienone is 1. The van der Waals surface area contributed by atoms with Crippen LogP contribution >= 0.6 is 0 Å². The third-order valence-corrected chi connectivity index (χ3v) is 10.0. The first-order valence-electron chi connectivity index (χ1n) is 16.3. The topological polar surface area (TPSA) is 97.0 Å². The largest absolute Gasteiger partial charge is 0.457 e. The highest BCUT2D eigenvalue weighted by atomic mass is 16.5. The van der Waals surface area contributed by atoms with Crippen LogP contribution in [0.1, 0.15) is 64.2 Å². The van der Waals surface area contributed by atoms with Crippen molar-refractivity contribution in [1.82, 2.24) is 10.2 Å². The first kappa shape index (κ1) is 28.8. The summed E-state index contributed by atoms with van der Waals surface area (Å²) >= 11 is 0. The number of ether oxygens (including phenoxy) is 2. The van der Waals surface area contributed by atoms with Crippen LogP contribution in [0, 0.1) is 11.8 Å². The number of anilines is 1. The highest BCUT2D eigenvalue weighted by Crippen LogP contribution is 2.55. The number of nitrogens with one attached hydrogen (secondary N) is 2. The van der Waals surface area contributed by atoms with E-state index in [4.69, 9.17) is 9.47 Å². The van der Waals surface area contributed by atoms with Gasteiger partial charge < -0.3 is 25.0 Å². The summed E-state index contributed by atoms with van der Waals surface area (Å²) in [4.78, 5) is 43.8. The zero-order chi connectivity index (χ0) is 30.1. The number of para-hydroxylation sites is 1. The first-order chi connectivity index (χ1) is 21.5. The Hall–Kier alpha value is -3.91. The van der Waals surface area contributed by atoms with Crippen LogP contribution in [0.15, 0.2) is 78.4 Å². The third kappa shape index (κ3) is 5.45. The van der Waals surface area contributed by atoms with E-state index < -0.39 is 29.6 Å². The number of carbonyl (C=O) groups is 3. The minimum atomic E-state index is -1.14. The quantitative estimate of drug-likeness (QED) is 0.352. The molecule has 0 aromatic heterocycles. The van der Waals surface area contributed by atoms with Gasteiger partial charge in [0.1, 0.15) is 23.1 Å². The summed E-state index contributed by atoms with van der Waals surface area (Å²) in [7, 11) is 0. The monoisotopic (exact) mass is 595 g/mol. The van der Waals surface area contributed by atoms with Gasteiger partial charge in [-0.1, -0.05) is 61.3 Å². The average molecular weight is 596 g/mol. The molecule has 5 aliphatic rings. The van der Waals surface area contributed by atoms with Crippen molar-refractivity contribution in [3.8, 4) is 11.5 Å². The molecule has 230 valence electrons. The van der Waals surface area contributed by atoms with Crippen molar-refractivity contribution in [2.45, 2.75) is 88.0 Å². The predicted molar refractivity (Wildman–Crippen MR) is 167 cm³/mol. The van der Waals surface area contributed by atoms with Crippen molar-refractivity contribution in [2.24, 2.45) is 11.8 Å². The van der Waals surface area contributed by atoms with Gasteiger partial charge in [0, 0.05) is 18.3 Å². The van der Waals surface area contributed by atoms with Gasteiger partial charge in [0.15, 0.2) is 0 Å². The number of fused-ring (bicyclic) bond motifs is 1. The van der Waals surface area contributed by atoms with Crippen LogP contribution in [0.3, 0.4) is 0 Å². The molecule has 8 nitrogen and oxygen atoms in total. The van der Waals surface area contributed by atoms with Gasteiger partial charge in [0.25, 0.3) is 0 Å². The van der Waals surface area contributed by atoms with Gasteiger partial charge >= 0.3 is 0 Å². The molecule has 1 saturated carbocycles. The molecule has 5 unspecified atom stereocenters. The fraction of sp³-hybridized carbons (Fsp3) is 0.472. The molecular formula is C36H41N3O5. The van der Waals surface area contributed by atoms with Crippen LogP contribution in [0.25, 0.3) is 0 Å². The second-order valence-corrected chi connectivity index (χ2v) is 12.9. The highest BCUT2D eigenvalue weighted by Gasteiger charge is 2.72. The van der Waals surface area contributed by atoms with E-state index in [0.717, 1.165) is 57.1 Å². The average Bonchev–Trinajstić information content (AvgIpc) is 3.69. The molecule has 1 spiro atoms. The predicted octanol–water partition coefficient (Wildman–Crippen LogP) is 5.91. The lowest BCUT2D eigenvalue weighted by Crippen LogP contribution is -2.56. The van der Waals surface area contributed by atoms with Gasteiger partial charge in [-0.3, -0.25) is 14.4 Å². The summed E-state index contributed by atoms with van der Waals surface area (Å²) in [5.74, 6) is -0.695. The van der Waals surface area contributed by atoms with Crippen molar-refractivity contribution < 1.29 is 23.9 Å². The Bertz CT molecular complexity index is 1450. The Morgan fingerprint density at radius 1 is 0.932 bits per heavy atom. The number of amides is 3. The molecule has 7 rings (SSSR count). The van der Waals surface area contributed by atoms with E-state index in [-0.39, 0.29) is 23.8 Å². The molecule has 3 heterocycles. The van der Waals surface area contributed by atoms with E-state index in [9.17, 15) is 14.4 Å². The Labute approximate surface area is 258 Å². The minimum Gasteiger partial charge on any atom is -0.457 e. The second kappa shape index (κ2) is 12.2. The summed E-state index contributed by atoms with van der Waals surface area (Å²) in [6, 6.07) is 16.0. The van der Waals surface area contributed by atoms with Crippen LogP contribution in [0.4, 0.5) is 5.69 Å². The van der Waals surface area contributed by atoms with E-state index in [0.29, 0.717) is 18.0 Å². The Morgan fingerprint density at radius 3 is 2.45 bits per heavy atom. The fourth-order valence-corrected chi connectivity index (χ4v) is 7.89. The van der Waals surface area contributed by atoms with E-state index in [2.05, 4.69) is 16.7 Å². The maximum Gasteiger partial charge on any atom is 0.246 e. The molecule has 3 amide bonds. The van der Waals surface area contributed by atoms with Crippen LogP contribution < -0.4 is 15.4 Å². The van der Waals surface area contributed by atoms with Crippen molar-refractivity contribution in [1.29, 1.82) is 0 Å². The molecule has 44 heavy (non-hydrogen) atoms. The minimum absolute atomic E-state index is 0.111. The summed E-state index contributed by atoms with van der Waals surface area (Å²) in [5, 5.41) is 6.28. The maximum absolute atomic E-state index is 14.3.